The molecule has 6 aliphatic rings. The van der Waals surface area contributed by atoms with Gasteiger partial charge in [-0.3, -0.25) is 39.2 Å². The highest BCUT2D eigenvalue weighted by Crippen LogP contribution is 2.40. The molecular formula is C48H46Cl2F2N10O12S2. The third kappa shape index (κ3) is 10.7. The molecule has 0 aliphatic carbocycles. The number of ether oxygens (including phenoxy) is 4. The number of aromatic nitrogens is 2. The SMILES string of the molecule is CCOC(=O)C1=C(CN2CCN3C(=O)OC[C@@H]3[C@H]2C(=O)O)NC(c2nccs2)=N[C@H]1c1cccc(F)c1Cl.CCOC(=O)C1=C(CN2CCN3C(=O)OC[C@H]3[C@@H]2C(=O)O)NC(c2nccs2)=N[C@H]1c1cccc(F)c1Cl. The Bertz CT molecular complexity index is 2870. The minimum Gasteiger partial charge on any atom is -0.480 e. The van der Waals surface area contributed by atoms with Crippen LogP contribution in [-0.2, 0) is 38.1 Å². The van der Waals surface area contributed by atoms with Gasteiger partial charge in [0, 0.05) is 84.9 Å². The summed E-state index contributed by atoms with van der Waals surface area (Å²) in [6, 6.07) is 2.83. The van der Waals surface area contributed by atoms with Crippen molar-refractivity contribution < 1.29 is 66.7 Å². The largest absolute Gasteiger partial charge is 0.480 e. The number of amides is 2. The summed E-state index contributed by atoms with van der Waals surface area (Å²) in [4.78, 5) is 99.5. The van der Waals surface area contributed by atoms with Gasteiger partial charge in [0.25, 0.3) is 0 Å². The maximum atomic E-state index is 14.5. The lowest BCUT2D eigenvalue weighted by Gasteiger charge is -2.41. The third-order valence-corrected chi connectivity index (χ3v) is 15.4. The van der Waals surface area contributed by atoms with Crippen LogP contribution in [0.1, 0.15) is 47.1 Å². The van der Waals surface area contributed by atoms with Gasteiger partial charge in [0.2, 0.25) is 0 Å². The van der Waals surface area contributed by atoms with Crippen molar-refractivity contribution in [2.24, 2.45) is 9.98 Å². The van der Waals surface area contributed by atoms with E-state index in [9.17, 15) is 47.8 Å². The minimum absolute atomic E-state index is 0.0303. The van der Waals surface area contributed by atoms with Gasteiger partial charge < -0.3 is 39.8 Å². The van der Waals surface area contributed by atoms with E-state index in [4.69, 9.17) is 42.1 Å². The van der Waals surface area contributed by atoms with E-state index in [1.807, 2.05) is 0 Å². The van der Waals surface area contributed by atoms with Gasteiger partial charge in [0.15, 0.2) is 21.7 Å². The number of rotatable bonds is 14. The Kier molecular flexibility index (Phi) is 16.3. The molecule has 2 amide bonds. The smallest absolute Gasteiger partial charge is 0.410 e. The fourth-order valence-corrected chi connectivity index (χ4v) is 11.4. The number of aliphatic imine (C=N–C) groups is 2. The molecule has 4 fully saturated rings. The number of fused-ring (bicyclic) bond motifs is 2. The summed E-state index contributed by atoms with van der Waals surface area (Å²) < 4.78 is 49.9. The van der Waals surface area contributed by atoms with Crippen molar-refractivity contribution >= 4 is 93.6 Å². The number of carbonyl (C=O) groups is 6. The first-order valence-electron chi connectivity index (χ1n) is 23.6. The van der Waals surface area contributed by atoms with E-state index in [1.54, 1.807) is 58.9 Å². The Morgan fingerprint density at radius 1 is 0.684 bits per heavy atom. The highest BCUT2D eigenvalue weighted by molar-refractivity contribution is 7.12. The van der Waals surface area contributed by atoms with Crippen LogP contribution in [0.2, 0.25) is 10.0 Å². The fraction of sp³-hybridized carbons (Fsp3) is 0.375. The number of halogens is 4. The van der Waals surface area contributed by atoms with Gasteiger partial charge in [-0.15, -0.1) is 22.7 Å². The van der Waals surface area contributed by atoms with Gasteiger partial charge in [0.05, 0.1) is 46.5 Å². The molecule has 22 nitrogen and oxygen atoms in total. The normalized spacial score (nSPS) is 23.4. The van der Waals surface area contributed by atoms with Crippen molar-refractivity contribution in [3.63, 3.8) is 0 Å². The number of cyclic esters (lactones) is 2. The molecule has 2 aromatic heterocycles. The van der Waals surface area contributed by atoms with Gasteiger partial charge in [-0.2, -0.15) is 0 Å². The molecule has 4 aromatic rings. The quantitative estimate of drug-likeness (QED) is 0.0969. The number of amidine groups is 2. The van der Waals surface area contributed by atoms with Crippen LogP contribution in [0, 0.1) is 11.6 Å². The Morgan fingerprint density at radius 3 is 1.45 bits per heavy atom. The molecule has 0 bridgehead atoms. The monoisotopic (exact) mass is 1130 g/mol. The predicted octanol–water partition coefficient (Wildman–Crippen LogP) is 4.87. The second-order valence-electron chi connectivity index (χ2n) is 17.4. The van der Waals surface area contributed by atoms with E-state index < -0.39 is 83.9 Å². The molecule has 0 unspecified atom stereocenters. The van der Waals surface area contributed by atoms with Crippen LogP contribution < -0.4 is 10.6 Å². The van der Waals surface area contributed by atoms with Crippen LogP contribution in [0.25, 0.3) is 0 Å². The minimum atomic E-state index is -1.13. The lowest BCUT2D eigenvalue weighted by Crippen LogP contribution is -2.62. The summed E-state index contributed by atoms with van der Waals surface area (Å²) in [6.45, 7) is 4.18. The van der Waals surface area contributed by atoms with Crippen molar-refractivity contribution in [2.75, 3.05) is 65.7 Å². The number of hydrogen-bond acceptors (Lipinski definition) is 20. The zero-order valence-electron chi connectivity index (χ0n) is 40.2. The van der Waals surface area contributed by atoms with Gasteiger partial charge in [0.1, 0.15) is 49.0 Å². The molecule has 400 valence electrons. The molecule has 6 aliphatic heterocycles. The summed E-state index contributed by atoms with van der Waals surface area (Å²) in [7, 11) is 0. The number of carboxylic acid groups (broad SMARTS) is 2. The second-order valence-corrected chi connectivity index (χ2v) is 19.9. The average molecular weight is 1130 g/mol. The second kappa shape index (κ2) is 23.0. The van der Waals surface area contributed by atoms with Gasteiger partial charge in [-0.25, -0.2) is 37.9 Å². The summed E-state index contributed by atoms with van der Waals surface area (Å²) in [5.41, 5.74) is 1.28. The standard InChI is InChI=1S/2C24H23ClFN5O6S/c2*1-2-36-23(34)16-14(10-30-7-8-31-15(11-37-24(31)35)19(30)22(32)33)28-20(21-27-6-9-38-21)29-18(16)12-4-3-5-13(26)17(12)25/h2*3-6,9,15,18-19H,2,7-8,10-11H2,1H3,(H,28,29)(H,32,33)/t15-,18+,19+;15-,18-,19+/m10/s1. The average Bonchev–Trinajstić information content (AvgIpc) is 4.26. The number of carbonyl (C=O) groups excluding carboxylic acids is 4. The van der Waals surface area contributed by atoms with Crippen molar-refractivity contribution in [1.82, 2.24) is 40.2 Å². The molecule has 10 rings (SSSR count). The van der Waals surface area contributed by atoms with E-state index in [2.05, 4.69) is 30.6 Å². The molecule has 0 spiro atoms. The maximum Gasteiger partial charge on any atom is 0.410 e. The first-order valence-corrected chi connectivity index (χ1v) is 26.1. The van der Waals surface area contributed by atoms with E-state index in [1.165, 1.54) is 56.7 Å². The van der Waals surface area contributed by atoms with Crippen molar-refractivity contribution in [1.29, 1.82) is 0 Å². The first-order chi connectivity index (χ1) is 36.6. The molecule has 76 heavy (non-hydrogen) atoms. The number of thiazole rings is 2. The molecule has 4 saturated heterocycles. The first kappa shape index (κ1) is 53.7. The highest BCUT2D eigenvalue weighted by atomic mass is 35.5. The van der Waals surface area contributed by atoms with E-state index in [0.29, 0.717) is 33.1 Å². The number of carboxylic acids is 2. The van der Waals surface area contributed by atoms with Crippen molar-refractivity contribution in [2.45, 2.75) is 50.1 Å². The molecule has 28 heteroatoms. The number of esters is 2. The molecule has 8 heterocycles. The highest BCUT2D eigenvalue weighted by Gasteiger charge is 2.50. The number of hydrogen-bond donors (Lipinski definition) is 4. The molecular weight excluding hydrogens is 1080 g/mol. The Hall–Kier alpha value is -7.10. The van der Waals surface area contributed by atoms with Crippen LogP contribution in [0.4, 0.5) is 18.4 Å². The zero-order valence-corrected chi connectivity index (χ0v) is 43.3. The number of nitrogens with one attached hydrogen (secondary N) is 2. The molecule has 0 radical (unpaired) electrons. The van der Waals surface area contributed by atoms with Crippen LogP contribution in [-0.4, -0.2) is 177 Å². The Morgan fingerprint density at radius 2 is 1.09 bits per heavy atom. The van der Waals surface area contributed by atoms with Crippen molar-refractivity contribution in [3.8, 4) is 0 Å². The van der Waals surface area contributed by atoms with Crippen LogP contribution in [0.15, 0.2) is 92.1 Å². The number of piperazine rings is 2. The Labute approximate surface area is 449 Å². The van der Waals surface area contributed by atoms with Crippen LogP contribution in [0.3, 0.4) is 0 Å². The van der Waals surface area contributed by atoms with Gasteiger partial charge in [-0.1, -0.05) is 47.5 Å². The molecule has 0 saturated carbocycles. The lowest BCUT2D eigenvalue weighted by atomic mass is 9.94. The number of benzene rings is 2. The number of aliphatic carboxylic acids is 2. The molecule has 6 atom stereocenters. The third-order valence-electron chi connectivity index (χ3n) is 13.1. The molecule has 4 N–H and O–H groups in total. The lowest BCUT2D eigenvalue weighted by molar-refractivity contribution is -0.148. The van der Waals surface area contributed by atoms with Crippen molar-refractivity contribution in [3.05, 3.63) is 125 Å². The van der Waals surface area contributed by atoms with Crippen LogP contribution >= 0.6 is 45.9 Å². The number of nitrogens with zero attached hydrogens (tertiary/aromatic N) is 8. The Balaban J connectivity index is 0.000000186. The fourth-order valence-electron chi connectivity index (χ4n) is 9.76. The molecule has 2 aromatic carbocycles. The van der Waals surface area contributed by atoms with E-state index >= 15 is 0 Å². The summed E-state index contributed by atoms with van der Waals surface area (Å²) in [5.74, 6) is -4.38. The maximum absolute atomic E-state index is 14.5. The topological polar surface area (TPSA) is 267 Å². The predicted molar refractivity (Wildman–Crippen MR) is 269 cm³/mol. The summed E-state index contributed by atoms with van der Waals surface area (Å²) in [6.07, 6.45) is 2.08. The summed E-state index contributed by atoms with van der Waals surface area (Å²) >= 11 is 15.3. The van der Waals surface area contributed by atoms with E-state index in [-0.39, 0.29) is 98.0 Å². The van der Waals surface area contributed by atoms with Gasteiger partial charge in [-0.05, 0) is 26.0 Å². The van der Waals surface area contributed by atoms with E-state index in [0.717, 1.165) is 0 Å². The van der Waals surface area contributed by atoms with Crippen LogP contribution in [0.5, 0.6) is 0 Å². The zero-order chi connectivity index (χ0) is 53.9. The van der Waals surface area contributed by atoms with Gasteiger partial charge >= 0.3 is 36.1 Å². The summed E-state index contributed by atoms with van der Waals surface area (Å²) in [5, 5.41) is 30.6.